The molecule has 4 aromatic rings. The predicted molar refractivity (Wildman–Crippen MR) is 143 cm³/mol. The molecule has 182 valence electrons. The molecule has 0 bridgehead atoms. The molecule has 4 rings (SSSR count). The zero-order valence-corrected chi connectivity index (χ0v) is 21.4. The lowest BCUT2D eigenvalue weighted by atomic mass is 9.90. The van der Waals surface area contributed by atoms with Crippen LogP contribution in [0.1, 0.15) is 35.6 Å². The monoisotopic (exact) mass is 489 g/mol. The molecule has 0 saturated carbocycles. The second-order valence-corrected chi connectivity index (χ2v) is 9.75. The lowest BCUT2D eigenvalue weighted by Gasteiger charge is -2.18. The number of hydrogen-bond acceptors (Lipinski definition) is 5. The fourth-order valence-electron chi connectivity index (χ4n) is 4.19. The highest BCUT2D eigenvalue weighted by atomic mass is 32.1. The van der Waals surface area contributed by atoms with Crippen molar-refractivity contribution in [3.63, 3.8) is 0 Å². The molecule has 0 spiro atoms. The second-order valence-electron chi connectivity index (χ2n) is 8.90. The molecule has 0 aliphatic heterocycles. The molecule has 0 unspecified atom stereocenters. The summed E-state index contributed by atoms with van der Waals surface area (Å²) >= 11 is 1.33. The quantitative estimate of drug-likeness (QED) is 0.284. The molecular formula is C29H31NO4S. The number of aromatic amines is 1. The summed E-state index contributed by atoms with van der Waals surface area (Å²) < 4.78 is 14.7. The van der Waals surface area contributed by atoms with E-state index in [1.807, 2.05) is 24.3 Å². The van der Waals surface area contributed by atoms with Gasteiger partial charge in [0, 0.05) is 12.5 Å². The van der Waals surface area contributed by atoms with Gasteiger partial charge in [-0.1, -0.05) is 29.7 Å². The number of aliphatic hydroxyl groups excluding tert-OH is 1. The lowest BCUT2D eigenvalue weighted by molar-refractivity contribution is 0.155. The molecule has 1 heterocycles. The number of ether oxygens (including phenoxy) is 2. The van der Waals surface area contributed by atoms with E-state index in [9.17, 15) is 9.90 Å². The van der Waals surface area contributed by atoms with Crippen molar-refractivity contribution in [2.24, 2.45) is 0 Å². The molecule has 0 aliphatic rings. The van der Waals surface area contributed by atoms with Crippen molar-refractivity contribution < 1.29 is 14.6 Å². The van der Waals surface area contributed by atoms with Gasteiger partial charge in [0.15, 0.2) is 0 Å². The van der Waals surface area contributed by atoms with E-state index in [0.29, 0.717) is 19.6 Å². The first-order valence-corrected chi connectivity index (χ1v) is 12.6. The zero-order valence-electron chi connectivity index (χ0n) is 20.6. The van der Waals surface area contributed by atoms with E-state index in [-0.39, 0.29) is 11.7 Å². The summed E-state index contributed by atoms with van der Waals surface area (Å²) in [4.78, 5) is 12.3. The van der Waals surface area contributed by atoms with Crippen LogP contribution in [-0.4, -0.2) is 22.2 Å². The Hall–Kier alpha value is -3.35. The van der Waals surface area contributed by atoms with Crippen molar-refractivity contribution in [3.8, 4) is 33.1 Å². The van der Waals surface area contributed by atoms with Gasteiger partial charge in [0.1, 0.15) is 18.1 Å². The van der Waals surface area contributed by atoms with Crippen LogP contribution in [0.4, 0.5) is 0 Å². The van der Waals surface area contributed by atoms with Crippen LogP contribution in [0, 0.1) is 20.8 Å². The molecule has 6 heteroatoms. The Balaban J connectivity index is 1.49. The standard InChI is InChI=1S/C29H31NO4S/c1-18-14-25(33-13-12-20(3)31)15-19(2)29(18)26-7-5-6-23(21(26)4)17-34-24-10-8-22(9-11-24)27-16-28(32)30-35-27/h5-11,14-16,20,31H,12-13,17H2,1-4H3,(H,30,32)/t20-/m0/s1. The molecule has 0 radical (unpaired) electrons. The number of aryl methyl sites for hydroxylation is 2. The van der Waals surface area contributed by atoms with E-state index in [4.69, 9.17) is 9.47 Å². The molecule has 0 aliphatic carbocycles. The summed E-state index contributed by atoms with van der Waals surface area (Å²) in [6, 6.07) is 19.9. The molecule has 0 saturated heterocycles. The van der Waals surface area contributed by atoms with Crippen LogP contribution in [0.15, 0.2) is 65.5 Å². The number of benzene rings is 3. The van der Waals surface area contributed by atoms with E-state index < -0.39 is 0 Å². The largest absolute Gasteiger partial charge is 0.493 e. The van der Waals surface area contributed by atoms with Gasteiger partial charge in [0.25, 0.3) is 5.56 Å². The van der Waals surface area contributed by atoms with Crippen molar-refractivity contribution in [3.05, 3.63) is 93.3 Å². The molecule has 0 fully saturated rings. The summed E-state index contributed by atoms with van der Waals surface area (Å²) in [5.41, 5.74) is 7.94. The predicted octanol–water partition coefficient (Wildman–Crippen LogP) is 6.42. The fraction of sp³-hybridized carbons (Fsp3) is 0.276. The van der Waals surface area contributed by atoms with Gasteiger partial charge in [-0.05, 0) is 103 Å². The Kier molecular flexibility index (Phi) is 7.73. The third-order valence-electron chi connectivity index (χ3n) is 6.08. The topological polar surface area (TPSA) is 71.5 Å². The van der Waals surface area contributed by atoms with Gasteiger partial charge in [0.2, 0.25) is 0 Å². The normalized spacial score (nSPS) is 11.9. The first kappa shape index (κ1) is 24.8. The first-order valence-electron chi connectivity index (χ1n) is 11.7. The van der Waals surface area contributed by atoms with Gasteiger partial charge < -0.3 is 14.6 Å². The van der Waals surface area contributed by atoms with E-state index in [1.54, 1.807) is 13.0 Å². The van der Waals surface area contributed by atoms with Crippen LogP contribution in [-0.2, 0) is 6.61 Å². The van der Waals surface area contributed by atoms with Crippen LogP contribution in [0.5, 0.6) is 11.5 Å². The molecule has 35 heavy (non-hydrogen) atoms. The summed E-state index contributed by atoms with van der Waals surface area (Å²) in [5, 5.41) is 9.46. The molecule has 3 aromatic carbocycles. The van der Waals surface area contributed by atoms with Crippen molar-refractivity contribution in [2.75, 3.05) is 6.61 Å². The Bertz CT molecular complexity index is 1330. The fourth-order valence-corrected chi connectivity index (χ4v) is 4.88. The van der Waals surface area contributed by atoms with Gasteiger partial charge in [0.05, 0.1) is 17.6 Å². The van der Waals surface area contributed by atoms with Gasteiger partial charge in [-0.25, -0.2) is 0 Å². The van der Waals surface area contributed by atoms with E-state index >= 15 is 0 Å². The van der Waals surface area contributed by atoms with Crippen LogP contribution in [0.25, 0.3) is 21.6 Å². The van der Waals surface area contributed by atoms with Crippen LogP contribution in [0.2, 0.25) is 0 Å². The van der Waals surface area contributed by atoms with Crippen LogP contribution in [0.3, 0.4) is 0 Å². The third kappa shape index (κ3) is 6.02. The summed E-state index contributed by atoms with van der Waals surface area (Å²) in [7, 11) is 0. The van der Waals surface area contributed by atoms with Crippen molar-refractivity contribution >= 4 is 11.5 Å². The Morgan fingerprint density at radius 3 is 2.29 bits per heavy atom. The third-order valence-corrected chi connectivity index (χ3v) is 6.96. The first-order chi connectivity index (χ1) is 16.8. The van der Waals surface area contributed by atoms with Crippen LogP contribution >= 0.6 is 11.5 Å². The van der Waals surface area contributed by atoms with Crippen molar-refractivity contribution in [1.29, 1.82) is 0 Å². The summed E-state index contributed by atoms with van der Waals surface area (Å²) in [6.45, 7) is 9.08. The highest BCUT2D eigenvalue weighted by Crippen LogP contribution is 2.34. The SMILES string of the molecule is Cc1cc(OCC[C@H](C)O)cc(C)c1-c1cccc(COc2ccc(-c3cc(=O)[nH]s3)cc2)c1C. The second kappa shape index (κ2) is 10.9. The molecule has 5 nitrogen and oxygen atoms in total. The lowest BCUT2D eigenvalue weighted by Crippen LogP contribution is -2.07. The van der Waals surface area contributed by atoms with Crippen molar-refractivity contribution in [1.82, 2.24) is 4.37 Å². The average Bonchev–Trinajstić information content (AvgIpc) is 3.25. The van der Waals surface area contributed by atoms with Gasteiger partial charge in [-0.2, -0.15) is 0 Å². The minimum Gasteiger partial charge on any atom is -0.493 e. The minimum absolute atomic E-state index is 0.0790. The number of aromatic nitrogens is 1. The summed E-state index contributed by atoms with van der Waals surface area (Å²) in [5.74, 6) is 1.62. The van der Waals surface area contributed by atoms with Gasteiger partial charge in [-0.3, -0.25) is 9.17 Å². The zero-order chi connectivity index (χ0) is 24.9. The van der Waals surface area contributed by atoms with E-state index in [1.165, 1.54) is 28.2 Å². The Morgan fingerprint density at radius 2 is 1.66 bits per heavy atom. The van der Waals surface area contributed by atoms with Crippen LogP contribution < -0.4 is 15.0 Å². The average molecular weight is 490 g/mol. The van der Waals surface area contributed by atoms with E-state index in [0.717, 1.165) is 38.6 Å². The number of rotatable bonds is 9. The number of H-pyrrole nitrogens is 1. The molecule has 1 aromatic heterocycles. The number of nitrogens with one attached hydrogen (secondary N) is 1. The molecule has 2 N–H and O–H groups in total. The highest BCUT2D eigenvalue weighted by molar-refractivity contribution is 7.09. The van der Waals surface area contributed by atoms with Gasteiger partial charge >= 0.3 is 0 Å². The smallest absolute Gasteiger partial charge is 0.258 e. The maximum Gasteiger partial charge on any atom is 0.258 e. The maximum absolute atomic E-state index is 11.4. The van der Waals surface area contributed by atoms with Gasteiger partial charge in [-0.15, -0.1) is 0 Å². The highest BCUT2D eigenvalue weighted by Gasteiger charge is 2.13. The minimum atomic E-state index is -0.367. The van der Waals surface area contributed by atoms with E-state index in [2.05, 4.69) is 55.5 Å². The summed E-state index contributed by atoms with van der Waals surface area (Å²) in [6.07, 6.45) is 0.242. The molecular weight excluding hydrogens is 458 g/mol. The Labute approximate surface area is 210 Å². The number of aliphatic hydroxyl groups is 1. The number of hydrogen-bond donors (Lipinski definition) is 2. The molecule has 0 amide bonds. The van der Waals surface area contributed by atoms with Crippen molar-refractivity contribution in [2.45, 2.75) is 46.8 Å². The Morgan fingerprint density at radius 1 is 0.943 bits per heavy atom. The molecule has 1 atom stereocenters. The maximum atomic E-state index is 11.4.